The number of hydrogen-bond acceptors (Lipinski definition) is 5. The largest absolute Gasteiger partial charge is 0.323 e. The lowest BCUT2D eigenvalue weighted by molar-refractivity contribution is 0.103. The predicted molar refractivity (Wildman–Crippen MR) is 69.2 cm³/mol. The van der Waals surface area contributed by atoms with Crippen LogP contribution in [0.1, 0.15) is 21.7 Å². The molecular weight excluding hydrogens is 260 g/mol. The molecule has 0 aliphatic rings. The Morgan fingerprint density at radius 2 is 1.90 bits per heavy atom. The molecule has 0 saturated heterocycles. The number of H-pyrrole nitrogens is 3. The molecule has 0 aliphatic carbocycles. The van der Waals surface area contributed by atoms with E-state index in [0.29, 0.717) is 17.1 Å². The van der Waals surface area contributed by atoms with Gasteiger partial charge in [-0.2, -0.15) is 5.21 Å². The molecule has 0 bridgehead atoms. The average Bonchev–Trinajstić information content (AvgIpc) is 3.08. The second-order valence-corrected chi connectivity index (χ2v) is 4.22. The number of carbonyl (C=O) groups is 1. The van der Waals surface area contributed by atoms with E-state index < -0.39 is 5.69 Å². The Labute approximate surface area is 112 Å². The van der Waals surface area contributed by atoms with Gasteiger partial charge in [0.2, 0.25) is 11.6 Å². The van der Waals surface area contributed by atoms with Gasteiger partial charge in [0.15, 0.2) is 0 Å². The fraction of sp³-hybridized carbons (Fsp3) is 0.0833. The molecule has 0 radical (unpaired) electrons. The molecule has 8 nitrogen and oxygen atoms in total. The van der Waals surface area contributed by atoms with E-state index in [4.69, 9.17) is 0 Å². The van der Waals surface area contributed by atoms with Crippen LogP contribution in [0.5, 0.6) is 0 Å². The van der Waals surface area contributed by atoms with E-state index in [9.17, 15) is 9.59 Å². The maximum atomic E-state index is 12.2. The maximum absolute atomic E-state index is 12.2. The number of aromatic nitrogens is 6. The first-order valence-electron chi connectivity index (χ1n) is 5.82. The molecule has 3 N–H and O–H groups in total. The van der Waals surface area contributed by atoms with Gasteiger partial charge in [-0.25, -0.2) is 4.79 Å². The molecule has 1 aromatic carbocycles. The molecule has 0 fully saturated rings. The highest BCUT2D eigenvalue weighted by atomic mass is 16.1. The van der Waals surface area contributed by atoms with E-state index in [2.05, 4.69) is 30.6 Å². The number of imidazole rings is 1. The maximum Gasteiger partial charge on any atom is 0.323 e. The second-order valence-electron chi connectivity index (χ2n) is 4.22. The first-order valence-corrected chi connectivity index (χ1v) is 5.82. The topological polar surface area (TPSA) is 120 Å². The van der Waals surface area contributed by atoms with E-state index >= 15 is 0 Å². The van der Waals surface area contributed by atoms with Gasteiger partial charge in [-0.1, -0.05) is 24.3 Å². The summed E-state index contributed by atoms with van der Waals surface area (Å²) in [7, 11) is 0. The van der Waals surface area contributed by atoms with Crippen molar-refractivity contribution in [3.05, 3.63) is 51.7 Å². The van der Waals surface area contributed by atoms with Crippen molar-refractivity contribution in [2.24, 2.45) is 0 Å². The van der Waals surface area contributed by atoms with Crippen molar-refractivity contribution in [2.45, 2.75) is 6.92 Å². The van der Waals surface area contributed by atoms with Crippen LogP contribution in [0.25, 0.3) is 11.4 Å². The van der Waals surface area contributed by atoms with Crippen LogP contribution in [-0.4, -0.2) is 36.4 Å². The lowest BCUT2D eigenvalue weighted by Gasteiger charge is -2.00. The standard InChI is InChI=1S/C12H10N6O2/c1-6-9(14-12(20)13-6)10(19)7-2-4-8(5-3-7)11-15-17-18-16-11/h2-5H,1H3,(H2,13,14,20)(H,15,16,17,18). The Bertz CT molecular complexity index is 797. The number of hydrogen-bond donors (Lipinski definition) is 3. The summed E-state index contributed by atoms with van der Waals surface area (Å²) in [6.45, 7) is 1.67. The first-order chi connectivity index (χ1) is 9.65. The van der Waals surface area contributed by atoms with Crippen molar-refractivity contribution >= 4 is 5.78 Å². The zero-order valence-corrected chi connectivity index (χ0v) is 10.5. The molecule has 0 atom stereocenters. The molecule has 3 aromatic rings. The number of rotatable bonds is 3. The lowest BCUT2D eigenvalue weighted by Crippen LogP contribution is -2.06. The minimum absolute atomic E-state index is 0.250. The van der Waals surface area contributed by atoms with Crippen molar-refractivity contribution in [2.75, 3.05) is 0 Å². The first kappa shape index (κ1) is 12.0. The van der Waals surface area contributed by atoms with Gasteiger partial charge >= 0.3 is 5.69 Å². The highest BCUT2D eigenvalue weighted by Crippen LogP contribution is 2.16. The van der Waals surface area contributed by atoms with Crippen LogP contribution in [0, 0.1) is 6.92 Å². The summed E-state index contributed by atoms with van der Waals surface area (Å²) < 4.78 is 0. The Hall–Kier alpha value is -3.03. The van der Waals surface area contributed by atoms with E-state index in [1.54, 1.807) is 31.2 Å². The Morgan fingerprint density at radius 3 is 2.45 bits per heavy atom. The van der Waals surface area contributed by atoms with E-state index in [-0.39, 0.29) is 11.5 Å². The molecule has 8 heteroatoms. The van der Waals surface area contributed by atoms with Gasteiger partial charge in [0.05, 0.1) is 0 Å². The summed E-state index contributed by atoms with van der Waals surface area (Å²) in [5.41, 5.74) is 1.60. The summed E-state index contributed by atoms with van der Waals surface area (Å²) in [6.07, 6.45) is 0. The molecular formula is C12H10N6O2. The minimum Gasteiger partial charge on any atom is -0.310 e. The highest BCUT2D eigenvalue weighted by Gasteiger charge is 2.15. The third kappa shape index (κ3) is 2.03. The Morgan fingerprint density at radius 1 is 1.15 bits per heavy atom. The van der Waals surface area contributed by atoms with Gasteiger partial charge in [0.25, 0.3) is 0 Å². The molecule has 0 amide bonds. The fourth-order valence-electron chi connectivity index (χ4n) is 1.90. The normalized spacial score (nSPS) is 10.7. The van der Waals surface area contributed by atoms with Crippen LogP contribution >= 0.6 is 0 Å². The van der Waals surface area contributed by atoms with Crippen LogP contribution in [0.4, 0.5) is 0 Å². The smallest absolute Gasteiger partial charge is 0.310 e. The van der Waals surface area contributed by atoms with Gasteiger partial charge in [-0.3, -0.25) is 4.79 Å². The monoisotopic (exact) mass is 270 g/mol. The average molecular weight is 270 g/mol. The zero-order chi connectivity index (χ0) is 14.1. The zero-order valence-electron chi connectivity index (χ0n) is 10.5. The summed E-state index contributed by atoms with van der Waals surface area (Å²) >= 11 is 0. The van der Waals surface area contributed by atoms with Gasteiger partial charge in [-0.15, -0.1) is 10.2 Å². The Kier molecular flexibility index (Phi) is 2.75. The highest BCUT2D eigenvalue weighted by molar-refractivity contribution is 6.08. The van der Waals surface area contributed by atoms with Crippen LogP contribution < -0.4 is 5.69 Å². The molecule has 2 heterocycles. The summed E-state index contributed by atoms with van der Waals surface area (Å²) in [5.74, 6) is 0.204. The van der Waals surface area contributed by atoms with Crippen molar-refractivity contribution in [1.82, 2.24) is 30.6 Å². The molecule has 20 heavy (non-hydrogen) atoms. The molecule has 0 unspecified atom stereocenters. The number of nitrogens with one attached hydrogen (secondary N) is 3. The molecule has 0 aliphatic heterocycles. The van der Waals surface area contributed by atoms with E-state index in [1.807, 2.05) is 0 Å². The molecule has 0 spiro atoms. The number of aryl methyl sites for hydroxylation is 1. The number of nitrogens with zero attached hydrogens (tertiary/aromatic N) is 3. The van der Waals surface area contributed by atoms with Crippen LogP contribution in [0.3, 0.4) is 0 Å². The quantitative estimate of drug-likeness (QED) is 0.596. The summed E-state index contributed by atoms with van der Waals surface area (Å²) in [4.78, 5) is 28.4. The summed E-state index contributed by atoms with van der Waals surface area (Å²) in [5, 5.41) is 13.5. The van der Waals surface area contributed by atoms with Crippen LogP contribution in [0.15, 0.2) is 29.1 Å². The van der Waals surface area contributed by atoms with Crippen molar-refractivity contribution in [3.63, 3.8) is 0 Å². The number of benzene rings is 1. The van der Waals surface area contributed by atoms with Crippen LogP contribution in [0.2, 0.25) is 0 Å². The molecule has 3 rings (SSSR count). The van der Waals surface area contributed by atoms with Gasteiger partial charge in [0.1, 0.15) is 5.69 Å². The van der Waals surface area contributed by atoms with E-state index in [0.717, 1.165) is 5.56 Å². The fourth-order valence-corrected chi connectivity index (χ4v) is 1.90. The van der Waals surface area contributed by atoms with Gasteiger partial charge < -0.3 is 9.97 Å². The van der Waals surface area contributed by atoms with Gasteiger partial charge in [0, 0.05) is 16.8 Å². The van der Waals surface area contributed by atoms with Crippen molar-refractivity contribution in [3.8, 4) is 11.4 Å². The van der Waals surface area contributed by atoms with Crippen molar-refractivity contribution < 1.29 is 4.79 Å². The predicted octanol–water partition coefficient (Wildman–Crippen LogP) is 0.423. The number of carbonyl (C=O) groups excluding carboxylic acids is 1. The molecule has 2 aromatic heterocycles. The van der Waals surface area contributed by atoms with Gasteiger partial charge in [-0.05, 0) is 12.1 Å². The summed E-state index contributed by atoms with van der Waals surface area (Å²) in [6, 6.07) is 6.74. The third-order valence-corrected chi connectivity index (χ3v) is 2.89. The minimum atomic E-state index is -0.394. The molecule has 0 saturated carbocycles. The number of tetrazole rings is 1. The molecule has 100 valence electrons. The van der Waals surface area contributed by atoms with E-state index in [1.165, 1.54) is 0 Å². The SMILES string of the molecule is Cc1[nH]c(=O)[nH]c1C(=O)c1ccc(-c2nn[nH]n2)cc1. The lowest BCUT2D eigenvalue weighted by atomic mass is 10.1. The Balaban J connectivity index is 1.93. The second kappa shape index (κ2) is 4.57. The number of aromatic amines is 3. The number of ketones is 1. The van der Waals surface area contributed by atoms with Crippen molar-refractivity contribution in [1.29, 1.82) is 0 Å². The third-order valence-electron chi connectivity index (χ3n) is 2.89. The van der Waals surface area contributed by atoms with Crippen LogP contribution in [-0.2, 0) is 0 Å².